The van der Waals surface area contributed by atoms with Gasteiger partial charge in [-0.2, -0.15) is 0 Å². The van der Waals surface area contributed by atoms with E-state index in [9.17, 15) is 14.4 Å². The molecule has 0 spiro atoms. The standard InChI is InChI=1S/C12H16N2O6/c1-14(13)12(17)20-9-4-3-5-7(6(4)10(15)18-2)11(16)19-8(5)9/h4-9H,3,13H2,1-2H3. The number of carbonyl (C=O) groups excluding carboxylic acids is 3. The quantitative estimate of drug-likeness (QED) is 0.234. The van der Waals surface area contributed by atoms with Crippen LogP contribution in [0.2, 0.25) is 0 Å². The van der Waals surface area contributed by atoms with E-state index in [1.807, 2.05) is 0 Å². The van der Waals surface area contributed by atoms with Crippen LogP contribution in [0.3, 0.4) is 0 Å². The number of nitrogens with zero attached hydrogens (tertiary/aromatic N) is 1. The maximum Gasteiger partial charge on any atom is 0.424 e. The van der Waals surface area contributed by atoms with Crippen molar-refractivity contribution in [3.63, 3.8) is 0 Å². The minimum atomic E-state index is -0.717. The Bertz CT molecular complexity index is 479. The zero-order chi connectivity index (χ0) is 14.6. The molecule has 0 aromatic carbocycles. The first-order chi connectivity index (χ1) is 9.45. The van der Waals surface area contributed by atoms with Crippen LogP contribution in [0.4, 0.5) is 4.79 Å². The summed E-state index contributed by atoms with van der Waals surface area (Å²) in [7, 11) is 2.64. The van der Waals surface area contributed by atoms with Crippen molar-refractivity contribution in [2.24, 2.45) is 29.5 Å². The van der Waals surface area contributed by atoms with Gasteiger partial charge in [0.1, 0.15) is 12.2 Å². The molecule has 1 aliphatic heterocycles. The predicted octanol–water partition coefficient (Wildman–Crippen LogP) is -0.722. The minimum Gasteiger partial charge on any atom is -0.469 e. The fourth-order valence-corrected chi connectivity index (χ4v) is 3.80. The average molecular weight is 284 g/mol. The molecule has 3 fully saturated rings. The maximum absolute atomic E-state index is 11.9. The molecule has 0 aromatic heterocycles. The fourth-order valence-electron chi connectivity index (χ4n) is 3.80. The molecule has 1 heterocycles. The molecule has 8 heteroatoms. The SMILES string of the molecule is COC(=O)C1C2CC3C(OC(=O)C31)C2OC(=O)N(C)N. The van der Waals surface area contributed by atoms with Gasteiger partial charge in [0.2, 0.25) is 0 Å². The number of hydrazine groups is 1. The molecule has 2 saturated carbocycles. The van der Waals surface area contributed by atoms with E-state index in [1.165, 1.54) is 14.2 Å². The van der Waals surface area contributed by atoms with E-state index in [0.717, 1.165) is 5.01 Å². The molecular formula is C12H16N2O6. The molecule has 110 valence electrons. The zero-order valence-electron chi connectivity index (χ0n) is 11.1. The lowest BCUT2D eigenvalue weighted by Gasteiger charge is -2.30. The van der Waals surface area contributed by atoms with Gasteiger partial charge in [-0.25, -0.2) is 15.6 Å². The smallest absolute Gasteiger partial charge is 0.424 e. The average Bonchev–Trinajstić information content (AvgIpc) is 3.00. The van der Waals surface area contributed by atoms with Crippen LogP contribution in [0.1, 0.15) is 6.42 Å². The van der Waals surface area contributed by atoms with E-state index < -0.39 is 42.1 Å². The van der Waals surface area contributed by atoms with Crippen molar-refractivity contribution in [3.8, 4) is 0 Å². The lowest BCUT2D eigenvalue weighted by molar-refractivity contribution is -0.153. The Labute approximate surface area is 115 Å². The lowest BCUT2D eigenvalue weighted by Crippen LogP contribution is -2.46. The number of hydrogen-bond acceptors (Lipinski definition) is 7. The molecule has 3 rings (SSSR count). The number of esters is 2. The molecule has 2 bridgehead atoms. The third-order valence-corrected chi connectivity index (χ3v) is 4.54. The van der Waals surface area contributed by atoms with Gasteiger partial charge in [0.15, 0.2) is 0 Å². The van der Waals surface area contributed by atoms with E-state index in [2.05, 4.69) is 0 Å². The second-order valence-electron chi connectivity index (χ2n) is 5.50. The van der Waals surface area contributed by atoms with Crippen molar-refractivity contribution in [1.29, 1.82) is 0 Å². The number of nitrogens with two attached hydrogens (primary N) is 1. The monoisotopic (exact) mass is 284 g/mol. The number of hydrogen-bond donors (Lipinski definition) is 1. The Kier molecular flexibility index (Phi) is 2.86. The first kappa shape index (κ1) is 13.2. The summed E-state index contributed by atoms with van der Waals surface area (Å²) >= 11 is 0. The number of methoxy groups -OCH3 is 1. The summed E-state index contributed by atoms with van der Waals surface area (Å²) in [6, 6.07) is 0. The van der Waals surface area contributed by atoms with Gasteiger partial charge in [0.05, 0.1) is 18.9 Å². The van der Waals surface area contributed by atoms with Crippen molar-refractivity contribution >= 4 is 18.0 Å². The van der Waals surface area contributed by atoms with Crippen LogP contribution in [-0.4, -0.2) is 49.4 Å². The molecule has 6 unspecified atom stereocenters. The van der Waals surface area contributed by atoms with E-state index >= 15 is 0 Å². The summed E-state index contributed by atoms with van der Waals surface area (Å²) < 4.78 is 15.3. The Balaban J connectivity index is 1.86. The summed E-state index contributed by atoms with van der Waals surface area (Å²) in [6.45, 7) is 0. The summed E-state index contributed by atoms with van der Waals surface area (Å²) in [6.07, 6.45) is -1.20. The van der Waals surface area contributed by atoms with Gasteiger partial charge in [-0.3, -0.25) is 9.59 Å². The lowest BCUT2D eigenvalue weighted by atomic mass is 9.78. The Morgan fingerprint density at radius 2 is 2.10 bits per heavy atom. The molecule has 6 atom stereocenters. The number of carbonyl (C=O) groups is 3. The number of rotatable bonds is 2. The molecular weight excluding hydrogens is 268 g/mol. The highest BCUT2D eigenvalue weighted by atomic mass is 16.6. The van der Waals surface area contributed by atoms with Crippen molar-refractivity contribution in [2.45, 2.75) is 18.6 Å². The first-order valence-electron chi connectivity index (χ1n) is 6.43. The highest BCUT2D eigenvalue weighted by Crippen LogP contribution is 2.58. The van der Waals surface area contributed by atoms with Crippen LogP contribution in [0, 0.1) is 23.7 Å². The molecule has 20 heavy (non-hydrogen) atoms. The molecule has 8 nitrogen and oxygen atoms in total. The Hall–Kier alpha value is -1.83. The molecule has 2 N–H and O–H groups in total. The summed E-state index contributed by atoms with van der Waals surface area (Å²) in [5.41, 5.74) is 0. The number of fused-ring (bicyclic) bond motifs is 1. The molecule has 0 aromatic rings. The minimum absolute atomic E-state index is 0.0857. The van der Waals surface area contributed by atoms with E-state index in [-0.39, 0.29) is 11.8 Å². The zero-order valence-corrected chi connectivity index (χ0v) is 11.1. The summed E-state index contributed by atoms with van der Waals surface area (Å²) in [4.78, 5) is 35.4. The van der Waals surface area contributed by atoms with Crippen LogP contribution in [-0.2, 0) is 23.8 Å². The maximum atomic E-state index is 11.9. The summed E-state index contributed by atoms with van der Waals surface area (Å²) in [5.74, 6) is 3.05. The first-order valence-corrected chi connectivity index (χ1v) is 6.43. The third-order valence-electron chi connectivity index (χ3n) is 4.54. The van der Waals surface area contributed by atoms with Gasteiger partial charge in [-0.1, -0.05) is 0 Å². The van der Waals surface area contributed by atoms with E-state index in [4.69, 9.17) is 20.1 Å². The van der Waals surface area contributed by atoms with Gasteiger partial charge in [-0.05, 0) is 6.42 Å². The van der Waals surface area contributed by atoms with Crippen LogP contribution >= 0.6 is 0 Å². The second-order valence-corrected chi connectivity index (χ2v) is 5.50. The number of ether oxygens (including phenoxy) is 3. The Morgan fingerprint density at radius 3 is 2.70 bits per heavy atom. The predicted molar refractivity (Wildman–Crippen MR) is 62.7 cm³/mol. The van der Waals surface area contributed by atoms with Crippen molar-refractivity contribution < 1.29 is 28.6 Å². The van der Waals surface area contributed by atoms with Gasteiger partial charge >= 0.3 is 18.0 Å². The van der Waals surface area contributed by atoms with Gasteiger partial charge in [-0.15, -0.1) is 0 Å². The van der Waals surface area contributed by atoms with Crippen molar-refractivity contribution in [1.82, 2.24) is 5.01 Å². The molecule has 0 radical (unpaired) electrons. The molecule has 3 aliphatic rings. The molecule has 1 amide bonds. The second kappa shape index (κ2) is 4.34. The largest absolute Gasteiger partial charge is 0.469 e. The van der Waals surface area contributed by atoms with Crippen LogP contribution in [0.25, 0.3) is 0 Å². The molecule has 1 saturated heterocycles. The van der Waals surface area contributed by atoms with Crippen molar-refractivity contribution in [3.05, 3.63) is 0 Å². The fraction of sp³-hybridized carbons (Fsp3) is 0.750. The van der Waals surface area contributed by atoms with Gasteiger partial charge in [0.25, 0.3) is 0 Å². The van der Waals surface area contributed by atoms with Crippen molar-refractivity contribution in [2.75, 3.05) is 14.2 Å². The van der Waals surface area contributed by atoms with Gasteiger partial charge < -0.3 is 14.2 Å². The normalized spacial score (nSPS) is 40.5. The highest BCUT2D eigenvalue weighted by Gasteiger charge is 2.70. The molecule has 2 aliphatic carbocycles. The van der Waals surface area contributed by atoms with Crippen LogP contribution in [0.5, 0.6) is 0 Å². The van der Waals surface area contributed by atoms with E-state index in [0.29, 0.717) is 6.42 Å². The van der Waals surface area contributed by atoms with Crippen LogP contribution in [0.15, 0.2) is 0 Å². The van der Waals surface area contributed by atoms with Crippen LogP contribution < -0.4 is 5.84 Å². The van der Waals surface area contributed by atoms with Gasteiger partial charge in [0, 0.05) is 18.9 Å². The highest BCUT2D eigenvalue weighted by molar-refractivity contribution is 5.86. The Morgan fingerprint density at radius 1 is 1.40 bits per heavy atom. The number of amides is 1. The topological polar surface area (TPSA) is 108 Å². The summed E-state index contributed by atoms with van der Waals surface area (Å²) in [5, 5.41) is 0.813. The van der Waals surface area contributed by atoms with E-state index in [1.54, 1.807) is 0 Å². The third kappa shape index (κ3) is 1.60.